The van der Waals surface area contributed by atoms with Crippen LogP contribution in [0, 0.1) is 6.92 Å². The Morgan fingerprint density at radius 3 is 2.62 bits per heavy atom. The second-order valence-electron chi connectivity index (χ2n) is 5.82. The van der Waals surface area contributed by atoms with Crippen LogP contribution in [0.5, 0.6) is 0 Å². The van der Waals surface area contributed by atoms with Crippen molar-refractivity contribution >= 4 is 18.1 Å². The molecule has 3 aromatic rings. The van der Waals surface area contributed by atoms with Gasteiger partial charge in [0, 0.05) is 17.3 Å². The molecule has 3 rings (SSSR count). The normalized spacial score (nSPS) is 12.3. The second-order valence-corrected chi connectivity index (χ2v) is 5.82. The molecule has 132 valence electrons. The third-order valence-electron chi connectivity index (χ3n) is 3.76. The van der Waals surface area contributed by atoms with Crippen LogP contribution in [0.1, 0.15) is 34.3 Å². The minimum Gasteiger partial charge on any atom is -0.374 e. The maximum Gasteiger partial charge on any atom is 0.254 e. The molecule has 0 aliphatic carbocycles. The SMILES string of the molecule is Cc1onc(-c2ccccc2)c1C=Cc1ccc(C(=O)NC(C)O)cn1. The van der Waals surface area contributed by atoms with Gasteiger partial charge in [0.05, 0.1) is 11.3 Å². The van der Waals surface area contributed by atoms with Crippen LogP contribution in [0.3, 0.4) is 0 Å². The van der Waals surface area contributed by atoms with E-state index in [4.69, 9.17) is 4.52 Å². The van der Waals surface area contributed by atoms with E-state index >= 15 is 0 Å². The summed E-state index contributed by atoms with van der Waals surface area (Å²) in [5, 5.41) is 15.7. The van der Waals surface area contributed by atoms with E-state index in [9.17, 15) is 9.90 Å². The number of amides is 1. The molecule has 1 atom stereocenters. The van der Waals surface area contributed by atoms with Gasteiger partial charge in [0.1, 0.15) is 17.7 Å². The Kier molecular flexibility index (Phi) is 5.24. The predicted molar refractivity (Wildman–Crippen MR) is 99.0 cm³/mol. The average Bonchev–Trinajstić information content (AvgIpc) is 3.01. The Bertz CT molecular complexity index is 913. The van der Waals surface area contributed by atoms with Crippen LogP contribution >= 0.6 is 0 Å². The van der Waals surface area contributed by atoms with E-state index in [2.05, 4.69) is 15.5 Å². The molecular weight excluding hydrogens is 330 g/mol. The van der Waals surface area contributed by atoms with Crippen molar-refractivity contribution in [3.8, 4) is 11.3 Å². The number of benzene rings is 1. The maximum absolute atomic E-state index is 11.8. The third kappa shape index (κ3) is 4.04. The molecule has 0 saturated carbocycles. The van der Waals surface area contributed by atoms with Crippen molar-refractivity contribution in [2.75, 3.05) is 0 Å². The highest BCUT2D eigenvalue weighted by Crippen LogP contribution is 2.26. The summed E-state index contributed by atoms with van der Waals surface area (Å²) in [6.45, 7) is 3.34. The van der Waals surface area contributed by atoms with Crippen molar-refractivity contribution in [1.82, 2.24) is 15.5 Å². The number of nitrogens with zero attached hydrogens (tertiary/aromatic N) is 2. The first-order chi connectivity index (χ1) is 12.5. The Balaban J connectivity index is 1.81. The van der Waals surface area contributed by atoms with E-state index in [1.165, 1.54) is 13.1 Å². The van der Waals surface area contributed by atoms with Gasteiger partial charge in [-0.3, -0.25) is 9.78 Å². The lowest BCUT2D eigenvalue weighted by Crippen LogP contribution is -2.32. The maximum atomic E-state index is 11.8. The summed E-state index contributed by atoms with van der Waals surface area (Å²) in [6, 6.07) is 13.2. The number of nitrogens with one attached hydrogen (secondary N) is 1. The molecule has 0 spiro atoms. The molecule has 1 unspecified atom stereocenters. The van der Waals surface area contributed by atoms with Crippen molar-refractivity contribution in [3.05, 3.63) is 71.2 Å². The van der Waals surface area contributed by atoms with Crippen LogP contribution in [-0.2, 0) is 0 Å². The largest absolute Gasteiger partial charge is 0.374 e. The lowest BCUT2D eigenvalue weighted by Gasteiger charge is -2.06. The Labute approximate surface area is 151 Å². The van der Waals surface area contributed by atoms with Crippen molar-refractivity contribution in [3.63, 3.8) is 0 Å². The number of aliphatic hydroxyl groups excluding tert-OH is 1. The predicted octanol–water partition coefficient (Wildman–Crippen LogP) is 3.28. The molecule has 6 nitrogen and oxygen atoms in total. The molecule has 0 fully saturated rings. The minimum atomic E-state index is -0.907. The summed E-state index contributed by atoms with van der Waals surface area (Å²) in [4.78, 5) is 16.1. The molecule has 2 heterocycles. The van der Waals surface area contributed by atoms with Gasteiger partial charge in [-0.05, 0) is 38.1 Å². The van der Waals surface area contributed by atoms with Crippen LogP contribution in [0.25, 0.3) is 23.4 Å². The molecule has 0 saturated heterocycles. The van der Waals surface area contributed by atoms with Crippen molar-refractivity contribution in [2.45, 2.75) is 20.1 Å². The Morgan fingerprint density at radius 2 is 1.96 bits per heavy atom. The first-order valence-corrected chi connectivity index (χ1v) is 8.19. The topological polar surface area (TPSA) is 88.2 Å². The number of rotatable bonds is 5. The number of carbonyl (C=O) groups excluding carboxylic acids is 1. The zero-order chi connectivity index (χ0) is 18.5. The summed E-state index contributed by atoms with van der Waals surface area (Å²) in [5.41, 5.74) is 3.70. The minimum absolute atomic E-state index is 0.371. The molecular formula is C20H19N3O3. The molecule has 2 aromatic heterocycles. The number of aryl methyl sites for hydroxylation is 1. The highest BCUT2D eigenvalue weighted by Gasteiger charge is 2.12. The van der Waals surface area contributed by atoms with Gasteiger partial charge in [-0.1, -0.05) is 35.5 Å². The zero-order valence-electron chi connectivity index (χ0n) is 14.5. The van der Waals surface area contributed by atoms with Crippen molar-refractivity contribution < 1.29 is 14.4 Å². The second kappa shape index (κ2) is 7.76. The van der Waals surface area contributed by atoms with E-state index in [0.717, 1.165) is 16.8 Å². The van der Waals surface area contributed by atoms with Gasteiger partial charge < -0.3 is 14.9 Å². The van der Waals surface area contributed by atoms with Crippen LogP contribution < -0.4 is 5.32 Å². The molecule has 0 radical (unpaired) electrons. The Hall–Kier alpha value is -3.25. The first-order valence-electron chi connectivity index (χ1n) is 8.19. The fourth-order valence-electron chi connectivity index (χ4n) is 2.46. The summed E-state index contributed by atoms with van der Waals surface area (Å²) >= 11 is 0. The van der Waals surface area contributed by atoms with E-state index in [0.29, 0.717) is 17.0 Å². The molecule has 2 N–H and O–H groups in total. The number of hydrogen-bond donors (Lipinski definition) is 2. The van der Waals surface area contributed by atoms with Gasteiger partial charge in [-0.15, -0.1) is 0 Å². The number of pyridine rings is 1. The lowest BCUT2D eigenvalue weighted by molar-refractivity contribution is 0.0818. The number of carbonyl (C=O) groups is 1. The van der Waals surface area contributed by atoms with E-state index in [1.807, 2.05) is 49.4 Å². The molecule has 6 heteroatoms. The molecule has 1 aromatic carbocycles. The van der Waals surface area contributed by atoms with Gasteiger partial charge in [0.25, 0.3) is 5.91 Å². The molecule has 0 aliphatic heterocycles. The standard InChI is InChI=1S/C20H19N3O3/c1-13-18(19(23-26-13)15-6-4-3-5-7-15)11-10-17-9-8-16(12-21-17)20(25)22-14(2)24/h3-12,14,24H,1-2H3,(H,22,25). The zero-order valence-corrected chi connectivity index (χ0v) is 14.5. The highest BCUT2D eigenvalue weighted by molar-refractivity contribution is 5.94. The van der Waals surface area contributed by atoms with Crippen molar-refractivity contribution in [2.24, 2.45) is 0 Å². The van der Waals surface area contributed by atoms with Crippen LogP contribution in [-0.4, -0.2) is 27.4 Å². The van der Waals surface area contributed by atoms with Gasteiger partial charge in [-0.25, -0.2) is 0 Å². The fourth-order valence-corrected chi connectivity index (χ4v) is 2.46. The molecule has 1 amide bonds. The van der Waals surface area contributed by atoms with E-state index in [1.54, 1.807) is 12.1 Å². The van der Waals surface area contributed by atoms with Crippen LogP contribution in [0.2, 0.25) is 0 Å². The lowest BCUT2D eigenvalue weighted by atomic mass is 10.1. The van der Waals surface area contributed by atoms with Gasteiger partial charge in [0.2, 0.25) is 0 Å². The molecule has 26 heavy (non-hydrogen) atoms. The first kappa shape index (κ1) is 17.6. The number of aliphatic hydroxyl groups is 1. The summed E-state index contributed by atoms with van der Waals surface area (Å²) in [5.74, 6) is 0.345. The smallest absolute Gasteiger partial charge is 0.254 e. The quantitative estimate of drug-likeness (QED) is 0.690. The van der Waals surface area contributed by atoms with Crippen LogP contribution in [0.4, 0.5) is 0 Å². The number of hydrogen-bond acceptors (Lipinski definition) is 5. The van der Waals surface area contributed by atoms with Gasteiger partial charge in [0.15, 0.2) is 0 Å². The fraction of sp³-hybridized carbons (Fsp3) is 0.150. The van der Waals surface area contributed by atoms with E-state index < -0.39 is 6.23 Å². The monoisotopic (exact) mass is 349 g/mol. The summed E-state index contributed by atoms with van der Waals surface area (Å²) in [7, 11) is 0. The average molecular weight is 349 g/mol. The highest BCUT2D eigenvalue weighted by atomic mass is 16.5. The summed E-state index contributed by atoms with van der Waals surface area (Å²) < 4.78 is 5.33. The number of aromatic nitrogens is 2. The van der Waals surface area contributed by atoms with Crippen LogP contribution in [0.15, 0.2) is 53.2 Å². The molecule has 0 bridgehead atoms. The van der Waals surface area contributed by atoms with E-state index in [-0.39, 0.29) is 5.91 Å². The Morgan fingerprint density at radius 1 is 1.19 bits per heavy atom. The molecule has 0 aliphatic rings. The third-order valence-corrected chi connectivity index (χ3v) is 3.76. The van der Waals surface area contributed by atoms with Crippen molar-refractivity contribution in [1.29, 1.82) is 0 Å². The summed E-state index contributed by atoms with van der Waals surface area (Å²) in [6.07, 6.45) is 4.29. The van der Waals surface area contributed by atoms with Gasteiger partial charge >= 0.3 is 0 Å². The van der Waals surface area contributed by atoms with Gasteiger partial charge in [-0.2, -0.15) is 0 Å².